The highest BCUT2D eigenvalue weighted by Crippen LogP contribution is 2.40. The van der Waals surface area contributed by atoms with Crippen LogP contribution in [0.3, 0.4) is 0 Å². The van der Waals surface area contributed by atoms with E-state index in [1.165, 1.54) is 9.75 Å². The van der Waals surface area contributed by atoms with Gasteiger partial charge in [0.2, 0.25) is 0 Å². The lowest BCUT2D eigenvalue weighted by Gasteiger charge is -2.14. The quantitative estimate of drug-likeness (QED) is 0.609. The van der Waals surface area contributed by atoms with Crippen LogP contribution >= 0.6 is 43.2 Å². The van der Waals surface area contributed by atoms with Crippen molar-refractivity contribution in [3.05, 3.63) is 50.1 Å². The average molecular weight is 390 g/mol. The van der Waals surface area contributed by atoms with E-state index in [1.54, 1.807) is 11.3 Å². The predicted octanol–water partition coefficient (Wildman–Crippen LogP) is 5.70. The van der Waals surface area contributed by atoms with E-state index in [1.807, 2.05) is 19.1 Å². The van der Waals surface area contributed by atoms with Crippen molar-refractivity contribution in [1.29, 1.82) is 0 Å². The second kappa shape index (κ2) is 6.22. The van der Waals surface area contributed by atoms with Crippen LogP contribution in [-0.4, -0.2) is 6.61 Å². The molecule has 0 N–H and O–H groups in total. The second-order valence-corrected chi connectivity index (χ2v) is 7.08. The molecule has 0 radical (unpaired) electrons. The molecule has 4 heteroatoms. The molecule has 1 nitrogen and oxygen atoms in total. The Morgan fingerprint density at radius 1 is 1.28 bits per heavy atom. The smallest absolute Gasteiger partial charge is 0.124 e. The molecule has 0 saturated heterocycles. The summed E-state index contributed by atoms with van der Waals surface area (Å²) in [5, 5.41) is 0. The van der Waals surface area contributed by atoms with Gasteiger partial charge in [-0.25, -0.2) is 0 Å². The number of aryl methyl sites for hydroxylation is 1. The topological polar surface area (TPSA) is 9.23 Å². The molecule has 18 heavy (non-hydrogen) atoms. The summed E-state index contributed by atoms with van der Waals surface area (Å²) in [6.07, 6.45) is 0. The van der Waals surface area contributed by atoms with Gasteiger partial charge in [-0.15, -0.1) is 11.3 Å². The normalized spacial score (nSPS) is 12.4. The molecule has 0 aliphatic carbocycles. The van der Waals surface area contributed by atoms with Crippen molar-refractivity contribution < 1.29 is 4.74 Å². The second-order valence-electron chi connectivity index (χ2n) is 3.93. The number of halogens is 2. The summed E-state index contributed by atoms with van der Waals surface area (Å²) in [4.78, 5) is 2.80. The van der Waals surface area contributed by atoms with Crippen molar-refractivity contribution in [1.82, 2.24) is 0 Å². The fourth-order valence-electron chi connectivity index (χ4n) is 1.75. The molecular weight excluding hydrogens is 376 g/mol. The molecule has 2 rings (SSSR count). The van der Waals surface area contributed by atoms with Gasteiger partial charge in [0.1, 0.15) is 5.75 Å². The minimum Gasteiger partial charge on any atom is -0.494 e. The van der Waals surface area contributed by atoms with Gasteiger partial charge in [-0.3, -0.25) is 0 Å². The lowest BCUT2D eigenvalue weighted by molar-refractivity contribution is 0.337. The molecule has 0 fully saturated rings. The maximum absolute atomic E-state index is 5.70. The summed E-state index contributed by atoms with van der Waals surface area (Å²) < 4.78 is 6.76. The summed E-state index contributed by atoms with van der Waals surface area (Å²) in [5.41, 5.74) is 1.16. The fraction of sp³-hybridized carbons (Fsp3) is 0.286. The Kier molecular flexibility index (Phi) is 4.87. The van der Waals surface area contributed by atoms with Crippen LogP contribution in [0.5, 0.6) is 5.75 Å². The number of benzene rings is 1. The Labute approximate surface area is 128 Å². The van der Waals surface area contributed by atoms with Crippen molar-refractivity contribution in [3.8, 4) is 5.75 Å². The van der Waals surface area contributed by atoms with Crippen LogP contribution in [0, 0.1) is 6.92 Å². The lowest BCUT2D eigenvalue weighted by Crippen LogP contribution is -1.99. The highest BCUT2D eigenvalue weighted by atomic mass is 79.9. The first kappa shape index (κ1) is 14.1. The van der Waals surface area contributed by atoms with Gasteiger partial charge in [0.05, 0.1) is 11.4 Å². The minimum atomic E-state index is 0.176. The van der Waals surface area contributed by atoms with E-state index in [4.69, 9.17) is 4.74 Å². The third-order valence-corrected chi connectivity index (χ3v) is 5.40. The molecule has 1 unspecified atom stereocenters. The molecule has 2 aromatic rings. The van der Waals surface area contributed by atoms with Crippen LogP contribution < -0.4 is 4.74 Å². The average Bonchev–Trinajstić information content (AvgIpc) is 2.77. The van der Waals surface area contributed by atoms with E-state index in [0.29, 0.717) is 6.61 Å². The molecule has 1 atom stereocenters. The summed E-state index contributed by atoms with van der Waals surface area (Å²) in [6, 6.07) is 10.4. The van der Waals surface area contributed by atoms with Gasteiger partial charge < -0.3 is 4.74 Å². The maximum Gasteiger partial charge on any atom is 0.124 e. The monoisotopic (exact) mass is 388 g/mol. The molecule has 1 aromatic heterocycles. The van der Waals surface area contributed by atoms with Crippen molar-refractivity contribution in [2.75, 3.05) is 6.61 Å². The highest BCUT2D eigenvalue weighted by molar-refractivity contribution is 9.10. The van der Waals surface area contributed by atoms with E-state index < -0.39 is 0 Å². The Morgan fingerprint density at radius 2 is 2.06 bits per heavy atom. The van der Waals surface area contributed by atoms with Gasteiger partial charge in [0.15, 0.2) is 0 Å². The van der Waals surface area contributed by atoms with Crippen LogP contribution in [-0.2, 0) is 0 Å². The van der Waals surface area contributed by atoms with Crippen LogP contribution in [0.4, 0.5) is 0 Å². The Balaban J connectivity index is 2.39. The van der Waals surface area contributed by atoms with E-state index in [-0.39, 0.29) is 4.83 Å². The molecule has 96 valence electrons. The molecule has 0 aliphatic rings. The summed E-state index contributed by atoms with van der Waals surface area (Å²) in [5.74, 6) is 0.939. The van der Waals surface area contributed by atoms with Gasteiger partial charge in [-0.05, 0) is 44.2 Å². The first-order chi connectivity index (χ1) is 8.61. The number of thiophene rings is 1. The largest absolute Gasteiger partial charge is 0.494 e. The Bertz CT molecular complexity index is 536. The number of hydrogen-bond acceptors (Lipinski definition) is 2. The minimum absolute atomic E-state index is 0.176. The lowest BCUT2D eigenvalue weighted by atomic mass is 10.1. The zero-order chi connectivity index (χ0) is 13.1. The Morgan fingerprint density at radius 3 is 2.67 bits per heavy atom. The zero-order valence-corrected chi connectivity index (χ0v) is 14.2. The molecular formula is C14H14Br2OS. The van der Waals surface area contributed by atoms with Crippen molar-refractivity contribution in [2.24, 2.45) is 0 Å². The molecule has 0 spiro atoms. The van der Waals surface area contributed by atoms with Crippen LogP contribution in [0.2, 0.25) is 0 Å². The Hall–Kier alpha value is -0.320. The maximum atomic E-state index is 5.70. The summed E-state index contributed by atoms with van der Waals surface area (Å²) in [7, 11) is 0. The zero-order valence-electron chi connectivity index (χ0n) is 10.2. The molecule has 1 heterocycles. The third kappa shape index (κ3) is 3.16. The van der Waals surface area contributed by atoms with Gasteiger partial charge in [-0.2, -0.15) is 0 Å². The number of ether oxygens (including phenoxy) is 1. The SMILES string of the molecule is CCOc1ccc(Br)cc1C(Br)c1ccc(C)s1. The van der Waals surface area contributed by atoms with Crippen LogP contribution in [0.25, 0.3) is 0 Å². The van der Waals surface area contributed by atoms with Crippen LogP contribution in [0.15, 0.2) is 34.8 Å². The van der Waals surface area contributed by atoms with E-state index >= 15 is 0 Å². The van der Waals surface area contributed by atoms with Crippen molar-refractivity contribution in [2.45, 2.75) is 18.7 Å². The fourth-order valence-corrected chi connectivity index (χ4v) is 3.79. The van der Waals surface area contributed by atoms with Crippen molar-refractivity contribution >= 4 is 43.2 Å². The molecule has 1 aromatic carbocycles. The summed E-state index contributed by atoms with van der Waals surface area (Å²) in [6.45, 7) is 4.81. The number of hydrogen-bond donors (Lipinski definition) is 0. The van der Waals surface area contributed by atoms with Gasteiger partial charge in [0, 0.05) is 19.8 Å². The van der Waals surface area contributed by atoms with Gasteiger partial charge in [-0.1, -0.05) is 31.9 Å². The standard InChI is InChI=1S/C14H14Br2OS/c1-3-17-12-6-5-10(15)8-11(12)14(16)13-7-4-9(2)18-13/h4-8,14H,3H2,1-2H3. The van der Waals surface area contributed by atoms with E-state index in [0.717, 1.165) is 15.8 Å². The number of rotatable bonds is 4. The molecule has 0 bridgehead atoms. The molecule has 0 saturated carbocycles. The van der Waals surface area contributed by atoms with Gasteiger partial charge >= 0.3 is 0 Å². The summed E-state index contributed by atoms with van der Waals surface area (Å²) >= 11 is 9.10. The van der Waals surface area contributed by atoms with Crippen LogP contribution in [0.1, 0.15) is 27.1 Å². The first-order valence-corrected chi connectivity index (χ1v) is 8.27. The third-order valence-electron chi connectivity index (χ3n) is 2.56. The number of alkyl halides is 1. The molecule has 0 amide bonds. The molecule has 0 aliphatic heterocycles. The van der Waals surface area contributed by atoms with E-state index in [2.05, 4.69) is 57.0 Å². The predicted molar refractivity (Wildman–Crippen MR) is 85.1 cm³/mol. The van der Waals surface area contributed by atoms with E-state index in [9.17, 15) is 0 Å². The first-order valence-electron chi connectivity index (χ1n) is 5.74. The van der Waals surface area contributed by atoms with Gasteiger partial charge in [0.25, 0.3) is 0 Å². The highest BCUT2D eigenvalue weighted by Gasteiger charge is 2.17. The van der Waals surface area contributed by atoms with Crippen molar-refractivity contribution in [3.63, 3.8) is 0 Å².